The number of hydrogen-bond donors (Lipinski definition) is 1. The van der Waals surface area contributed by atoms with Gasteiger partial charge in [-0.15, -0.1) is 35.3 Å². The summed E-state index contributed by atoms with van der Waals surface area (Å²) < 4.78 is 0. The lowest BCUT2D eigenvalue weighted by Gasteiger charge is -2.36. The summed E-state index contributed by atoms with van der Waals surface area (Å²) in [6.07, 6.45) is 1.94. The molecule has 2 heterocycles. The Morgan fingerprint density at radius 3 is 2.91 bits per heavy atom. The van der Waals surface area contributed by atoms with Crippen LogP contribution in [0.1, 0.15) is 30.7 Å². The lowest BCUT2D eigenvalue weighted by atomic mass is 10.1. The second kappa shape index (κ2) is 9.97. The van der Waals surface area contributed by atoms with E-state index in [4.69, 9.17) is 4.99 Å². The summed E-state index contributed by atoms with van der Waals surface area (Å²) in [5.74, 6) is 2.95. The third-order valence-corrected chi connectivity index (χ3v) is 5.96. The van der Waals surface area contributed by atoms with Crippen molar-refractivity contribution in [3.8, 4) is 0 Å². The van der Waals surface area contributed by atoms with Crippen LogP contribution in [0, 0.1) is 12.8 Å². The monoisotopic (exact) mass is 454 g/mol. The molecule has 1 fully saturated rings. The van der Waals surface area contributed by atoms with Gasteiger partial charge in [0.1, 0.15) is 0 Å². The van der Waals surface area contributed by atoms with Crippen molar-refractivity contribution in [3.63, 3.8) is 0 Å². The molecule has 0 amide bonds. The first kappa shape index (κ1) is 20.0. The molecule has 1 atom stereocenters. The molecule has 0 saturated carbocycles. The predicted octanol–water partition coefficient (Wildman–Crippen LogP) is 3.61. The Labute approximate surface area is 159 Å². The van der Waals surface area contributed by atoms with Gasteiger partial charge in [-0.3, -0.25) is 0 Å². The normalized spacial score (nSPS) is 19.2. The van der Waals surface area contributed by atoms with Crippen LogP contribution in [0.4, 0.5) is 0 Å². The van der Waals surface area contributed by atoms with Crippen LogP contribution in [0.5, 0.6) is 0 Å². The minimum atomic E-state index is 0. The van der Waals surface area contributed by atoms with Crippen LogP contribution in [0.25, 0.3) is 0 Å². The molecule has 0 aromatic carbocycles. The number of thioether (sulfide) groups is 1. The van der Waals surface area contributed by atoms with E-state index in [9.17, 15) is 0 Å². The van der Waals surface area contributed by atoms with Crippen molar-refractivity contribution in [2.75, 3.05) is 25.4 Å². The van der Waals surface area contributed by atoms with Crippen LogP contribution in [0.2, 0.25) is 0 Å². The minimum absolute atomic E-state index is 0. The molecule has 22 heavy (non-hydrogen) atoms. The molecule has 0 bridgehead atoms. The van der Waals surface area contributed by atoms with Gasteiger partial charge < -0.3 is 10.2 Å². The Morgan fingerprint density at radius 2 is 2.32 bits per heavy atom. The first-order valence-corrected chi connectivity index (χ1v) is 9.52. The van der Waals surface area contributed by atoms with E-state index in [1.807, 2.05) is 13.1 Å². The number of nitrogens with one attached hydrogen (secondary N) is 1. The SMILES string of the molecule is CCNC(=NCc1cnc(C)s1)N1CCSC(C(C)C)C1.I. The van der Waals surface area contributed by atoms with Gasteiger partial charge in [-0.05, 0) is 19.8 Å². The molecule has 1 saturated heterocycles. The van der Waals surface area contributed by atoms with Gasteiger partial charge in [-0.25, -0.2) is 9.98 Å². The molecule has 1 unspecified atom stereocenters. The molecule has 2 rings (SSSR count). The Morgan fingerprint density at radius 1 is 1.55 bits per heavy atom. The summed E-state index contributed by atoms with van der Waals surface area (Å²) in [5, 5.41) is 5.25. The quantitative estimate of drug-likeness (QED) is 0.429. The summed E-state index contributed by atoms with van der Waals surface area (Å²) in [7, 11) is 0. The smallest absolute Gasteiger partial charge is 0.194 e. The fraction of sp³-hybridized carbons (Fsp3) is 0.733. The Bertz CT molecular complexity index is 476. The highest BCUT2D eigenvalue weighted by Crippen LogP contribution is 2.25. The maximum Gasteiger partial charge on any atom is 0.194 e. The van der Waals surface area contributed by atoms with Crippen LogP contribution < -0.4 is 5.32 Å². The second-order valence-electron chi connectivity index (χ2n) is 5.62. The van der Waals surface area contributed by atoms with Crippen molar-refractivity contribution < 1.29 is 0 Å². The molecular weight excluding hydrogens is 427 g/mol. The second-order valence-corrected chi connectivity index (χ2v) is 8.28. The Hall–Kier alpha value is -0.0200. The van der Waals surface area contributed by atoms with Crippen molar-refractivity contribution in [3.05, 3.63) is 16.1 Å². The first-order chi connectivity index (χ1) is 10.1. The summed E-state index contributed by atoms with van der Waals surface area (Å²) in [6, 6.07) is 0. The number of aryl methyl sites for hydroxylation is 1. The summed E-state index contributed by atoms with van der Waals surface area (Å²) in [5.41, 5.74) is 0. The highest BCUT2D eigenvalue weighted by molar-refractivity contribution is 14.0. The minimum Gasteiger partial charge on any atom is -0.357 e. The van der Waals surface area contributed by atoms with E-state index in [1.54, 1.807) is 11.3 Å². The number of aromatic nitrogens is 1. The molecule has 0 aliphatic carbocycles. The highest BCUT2D eigenvalue weighted by Gasteiger charge is 2.24. The third kappa shape index (κ3) is 5.88. The summed E-state index contributed by atoms with van der Waals surface area (Å²) in [6.45, 7) is 12.6. The Kier molecular flexibility index (Phi) is 9.08. The standard InChI is InChI=1S/C15H26N4S2.HI/c1-5-16-15(18-9-13-8-17-12(4)21-13)19-6-7-20-14(10-19)11(2)3;/h8,11,14H,5-7,9-10H2,1-4H3,(H,16,18);1H. The van der Waals surface area contributed by atoms with Crippen LogP contribution in [-0.4, -0.2) is 46.5 Å². The predicted molar refractivity (Wildman–Crippen MR) is 110 cm³/mol. The van der Waals surface area contributed by atoms with E-state index < -0.39 is 0 Å². The van der Waals surface area contributed by atoms with E-state index >= 15 is 0 Å². The number of nitrogens with zero attached hydrogens (tertiary/aromatic N) is 3. The van der Waals surface area contributed by atoms with Gasteiger partial charge in [0, 0.05) is 41.7 Å². The molecule has 126 valence electrons. The average molecular weight is 454 g/mol. The van der Waals surface area contributed by atoms with Gasteiger partial charge >= 0.3 is 0 Å². The van der Waals surface area contributed by atoms with Crippen LogP contribution in [-0.2, 0) is 6.54 Å². The Balaban J connectivity index is 0.00000242. The van der Waals surface area contributed by atoms with E-state index in [-0.39, 0.29) is 24.0 Å². The van der Waals surface area contributed by atoms with E-state index in [0.29, 0.717) is 11.2 Å². The van der Waals surface area contributed by atoms with Crippen molar-refractivity contribution in [2.45, 2.75) is 39.5 Å². The zero-order valence-corrected chi connectivity index (χ0v) is 17.8. The van der Waals surface area contributed by atoms with E-state index in [1.165, 1.54) is 10.6 Å². The number of rotatable bonds is 4. The van der Waals surface area contributed by atoms with Crippen molar-refractivity contribution in [1.82, 2.24) is 15.2 Å². The van der Waals surface area contributed by atoms with Gasteiger partial charge in [0.25, 0.3) is 0 Å². The fourth-order valence-electron chi connectivity index (χ4n) is 2.33. The number of halogens is 1. The van der Waals surface area contributed by atoms with Crippen LogP contribution in [0.15, 0.2) is 11.2 Å². The number of thiazole rings is 1. The molecular formula is C15H27IN4S2. The number of hydrogen-bond acceptors (Lipinski definition) is 4. The van der Waals surface area contributed by atoms with Gasteiger partial charge in [-0.1, -0.05) is 13.8 Å². The zero-order valence-electron chi connectivity index (χ0n) is 13.8. The molecule has 0 spiro atoms. The lowest BCUT2D eigenvalue weighted by Crippen LogP contribution is -2.49. The fourth-order valence-corrected chi connectivity index (χ4v) is 4.35. The molecule has 7 heteroatoms. The van der Waals surface area contributed by atoms with Gasteiger partial charge in [-0.2, -0.15) is 11.8 Å². The maximum absolute atomic E-state index is 4.81. The topological polar surface area (TPSA) is 40.5 Å². The molecule has 1 aromatic heterocycles. The van der Waals surface area contributed by atoms with E-state index in [0.717, 1.165) is 37.1 Å². The summed E-state index contributed by atoms with van der Waals surface area (Å²) >= 11 is 3.83. The van der Waals surface area contributed by atoms with Crippen molar-refractivity contribution in [2.24, 2.45) is 10.9 Å². The van der Waals surface area contributed by atoms with Gasteiger partial charge in [0.05, 0.1) is 11.6 Å². The zero-order chi connectivity index (χ0) is 15.2. The lowest BCUT2D eigenvalue weighted by molar-refractivity contribution is 0.381. The largest absolute Gasteiger partial charge is 0.357 e. The van der Waals surface area contributed by atoms with Crippen molar-refractivity contribution >= 4 is 53.0 Å². The van der Waals surface area contributed by atoms with Gasteiger partial charge in [0.2, 0.25) is 0 Å². The molecule has 1 aliphatic rings. The number of guanidine groups is 1. The molecule has 1 aromatic rings. The van der Waals surface area contributed by atoms with E-state index in [2.05, 4.69) is 47.7 Å². The first-order valence-electron chi connectivity index (χ1n) is 7.66. The molecule has 4 nitrogen and oxygen atoms in total. The third-order valence-electron chi connectivity index (χ3n) is 3.53. The van der Waals surface area contributed by atoms with Crippen molar-refractivity contribution in [1.29, 1.82) is 0 Å². The van der Waals surface area contributed by atoms with Crippen LogP contribution >= 0.6 is 47.1 Å². The van der Waals surface area contributed by atoms with Gasteiger partial charge in [0.15, 0.2) is 5.96 Å². The summed E-state index contributed by atoms with van der Waals surface area (Å²) in [4.78, 5) is 12.8. The average Bonchev–Trinajstić information content (AvgIpc) is 2.89. The maximum atomic E-state index is 4.81. The molecule has 0 radical (unpaired) electrons. The molecule has 1 N–H and O–H groups in total. The van der Waals surface area contributed by atoms with Crippen LogP contribution in [0.3, 0.4) is 0 Å². The highest BCUT2D eigenvalue weighted by atomic mass is 127. The molecule has 1 aliphatic heterocycles. The number of aliphatic imine (C=N–C) groups is 1.